The highest BCUT2D eigenvalue weighted by atomic mass is 16.3. The Morgan fingerprint density at radius 3 is 1.67 bits per heavy atom. The number of aliphatic hydroxyl groups is 3. The van der Waals surface area contributed by atoms with Crippen molar-refractivity contribution in [2.45, 2.75) is 0 Å². The standard InChI is InChI=1S/C6H8O3/c1-4(7)3-6(9)5(2)8/h3,7-9H,1-2H2/b6-3+. The van der Waals surface area contributed by atoms with Crippen LogP contribution < -0.4 is 0 Å². The molecule has 0 aromatic carbocycles. The molecule has 3 N–H and O–H groups in total. The van der Waals surface area contributed by atoms with Crippen molar-refractivity contribution < 1.29 is 15.3 Å². The molecule has 9 heavy (non-hydrogen) atoms. The van der Waals surface area contributed by atoms with Crippen LogP contribution in [0.2, 0.25) is 0 Å². The third kappa shape index (κ3) is 3.22. The highest BCUT2D eigenvalue weighted by Gasteiger charge is 1.94. The minimum Gasteiger partial charge on any atom is -0.508 e. The van der Waals surface area contributed by atoms with E-state index in [-0.39, 0.29) is 5.76 Å². The van der Waals surface area contributed by atoms with Gasteiger partial charge in [-0.1, -0.05) is 13.2 Å². The Balaban J connectivity index is 4.17. The minimum atomic E-state index is -0.495. The second-order valence-corrected chi connectivity index (χ2v) is 1.47. The summed E-state index contributed by atoms with van der Waals surface area (Å²) in [4.78, 5) is 0. The quantitative estimate of drug-likeness (QED) is 0.390. The lowest BCUT2D eigenvalue weighted by Crippen LogP contribution is -1.84. The van der Waals surface area contributed by atoms with E-state index in [1.165, 1.54) is 0 Å². The van der Waals surface area contributed by atoms with E-state index in [1.54, 1.807) is 0 Å². The summed E-state index contributed by atoms with van der Waals surface area (Å²) in [5, 5.41) is 25.4. The first kappa shape index (κ1) is 7.62. The van der Waals surface area contributed by atoms with Gasteiger partial charge >= 0.3 is 0 Å². The number of allylic oxidation sites excluding steroid dienone is 1. The molecule has 0 saturated heterocycles. The number of hydrogen-bond acceptors (Lipinski definition) is 3. The van der Waals surface area contributed by atoms with E-state index < -0.39 is 11.5 Å². The maximum Gasteiger partial charge on any atom is 0.160 e. The molecule has 0 aromatic rings. The molecule has 0 radical (unpaired) electrons. The second-order valence-electron chi connectivity index (χ2n) is 1.47. The van der Waals surface area contributed by atoms with Crippen LogP contribution in [0.25, 0.3) is 0 Å². The summed E-state index contributed by atoms with van der Waals surface area (Å²) in [5.41, 5.74) is 0. The van der Waals surface area contributed by atoms with E-state index >= 15 is 0 Å². The van der Waals surface area contributed by atoms with Crippen LogP contribution in [0.15, 0.2) is 36.5 Å². The normalized spacial score (nSPS) is 10.9. The van der Waals surface area contributed by atoms with Crippen LogP contribution in [0.5, 0.6) is 0 Å². The molecule has 0 aliphatic carbocycles. The van der Waals surface area contributed by atoms with Gasteiger partial charge in [0.15, 0.2) is 5.76 Å². The molecule has 0 aromatic heterocycles. The van der Waals surface area contributed by atoms with Gasteiger partial charge in [0, 0.05) is 6.08 Å². The van der Waals surface area contributed by atoms with Crippen molar-refractivity contribution in [3.05, 3.63) is 36.5 Å². The molecule has 0 fully saturated rings. The van der Waals surface area contributed by atoms with E-state index in [4.69, 9.17) is 15.3 Å². The van der Waals surface area contributed by atoms with Crippen molar-refractivity contribution in [3.8, 4) is 0 Å². The van der Waals surface area contributed by atoms with Gasteiger partial charge in [0.05, 0.1) is 0 Å². The topological polar surface area (TPSA) is 60.7 Å². The molecule has 0 amide bonds. The van der Waals surface area contributed by atoms with Gasteiger partial charge in [-0.2, -0.15) is 0 Å². The van der Waals surface area contributed by atoms with Gasteiger partial charge < -0.3 is 15.3 Å². The van der Waals surface area contributed by atoms with E-state index in [0.717, 1.165) is 6.08 Å². The number of rotatable bonds is 2. The molecule has 3 nitrogen and oxygen atoms in total. The smallest absolute Gasteiger partial charge is 0.160 e. The van der Waals surface area contributed by atoms with Crippen molar-refractivity contribution in [1.29, 1.82) is 0 Å². The van der Waals surface area contributed by atoms with Crippen LogP contribution in [0.3, 0.4) is 0 Å². The Kier molecular flexibility index (Phi) is 2.38. The maximum absolute atomic E-state index is 8.59. The second kappa shape index (κ2) is 2.81. The average molecular weight is 128 g/mol. The number of hydrogen-bond donors (Lipinski definition) is 3. The Hall–Kier alpha value is -1.38. The van der Waals surface area contributed by atoms with Gasteiger partial charge in [-0.25, -0.2) is 0 Å². The predicted molar refractivity (Wildman–Crippen MR) is 34.2 cm³/mol. The zero-order chi connectivity index (χ0) is 7.44. The Labute approximate surface area is 52.9 Å². The van der Waals surface area contributed by atoms with Crippen LogP contribution in [-0.2, 0) is 0 Å². The molecule has 0 aliphatic heterocycles. The summed E-state index contributed by atoms with van der Waals surface area (Å²) in [6, 6.07) is 0. The summed E-state index contributed by atoms with van der Waals surface area (Å²) in [7, 11) is 0. The summed E-state index contributed by atoms with van der Waals surface area (Å²) in [6.07, 6.45) is 0.891. The van der Waals surface area contributed by atoms with Gasteiger partial charge in [-0.3, -0.25) is 0 Å². The van der Waals surface area contributed by atoms with Crippen LogP contribution in [-0.4, -0.2) is 15.3 Å². The van der Waals surface area contributed by atoms with Gasteiger partial charge in [0.2, 0.25) is 0 Å². The minimum absolute atomic E-state index is 0.331. The molecule has 3 heteroatoms. The summed E-state index contributed by atoms with van der Waals surface area (Å²) in [5.74, 6) is -1.31. The SMILES string of the molecule is C=C(O)/C=C(/O)C(=C)O. The molecule has 0 aliphatic rings. The predicted octanol–water partition coefficient (Wildman–Crippen LogP) is 1.57. The highest BCUT2D eigenvalue weighted by Crippen LogP contribution is 2.00. The largest absolute Gasteiger partial charge is 0.508 e. The van der Waals surface area contributed by atoms with Crippen LogP contribution in [0.1, 0.15) is 0 Å². The summed E-state index contributed by atoms with van der Waals surface area (Å²) >= 11 is 0. The van der Waals surface area contributed by atoms with E-state index in [1.807, 2.05) is 0 Å². The monoisotopic (exact) mass is 128 g/mol. The fourth-order valence-electron chi connectivity index (χ4n) is 0.241. The first-order chi connectivity index (χ1) is 4.04. The number of aliphatic hydroxyl groups excluding tert-OH is 3. The van der Waals surface area contributed by atoms with E-state index in [9.17, 15) is 0 Å². The molecular weight excluding hydrogens is 120 g/mol. The Morgan fingerprint density at radius 1 is 1.11 bits per heavy atom. The first-order valence-corrected chi connectivity index (χ1v) is 2.21. The highest BCUT2D eigenvalue weighted by molar-refractivity contribution is 5.21. The van der Waals surface area contributed by atoms with Gasteiger partial charge in [-0.05, 0) is 0 Å². The molecule has 0 bridgehead atoms. The lowest BCUT2D eigenvalue weighted by molar-refractivity contribution is 0.323. The molecule has 0 saturated carbocycles. The molecule has 0 rings (SSSR count). The molecule has 50 valence electrons. The molecule has 0 heterocycles. The van der Waals surface area contributed by atoms with Crippen LogP contribution in [0.4, 0.5) is 0 Å². The lowest BCUT2D eigenvalue weighted by Gasteiger charge is -1.93. The van der Waals surface area contributed by atoms with Crippen molar-refractivity contribution in [2.24, 2.45) is 0 Å². The third-order valence-electron chi connectivity index (χ3n) is 0.599. The Bertz CT molecular complexity index is 167. The first-order valence-electron chi connectivity index (χ1n) is 2.21. The molecule has 0 spiro atoms. The van der Waals surface area contributed by atoms with Gasteiger partial charge in [0.25, 0.3) is 0 Å². The third-order valence-corrected chi connectivity index (χ3v) is 0.599. The molecule has 0 unspecified atom stereocenters. The van der Waals surface area contributed by atoms with Crippen molar-refractivity contribution >= 4 is 0 Å². The maximum atomic E-state index is 8.59. The van der Waals surface area contributed by atoms with Gasteiger partial charge in [-0.15, -0.1) is 0 Å². The lowest BCUT2D eigenvalue weighted by atomic mass is 10.4. The summed E-state index contributed by atoms with van der Waals surface area (Å²) < 4.78 is 0. The van der Waals surface area contributed by atoms with Crippen LogP contribution in [0, 0.1) is 0 Å². The average Bonchev–Trinajstić information content (AvgIpc) is 1.63. The van der Waals surface area contributed by atoms with E-state index in [2.05, 4.69) is 13.2 Å². The van der Waals surface area contributed by atoms with Crippen LogP contribution >= 0.6 is 0 Å². The fourth-order valence-corrected chi connectivity index (χ4v) is 0.241. The van der Waals surface area contributed by atoms with Gasteiger partial charge in [0.1, 0.15) is 11.5 Å². The van der Waals surface area contributed by atoms with Crippen molar-refractivity contribution in [2.75, 3.05) is 0 Å². The van der Waals surface area contributed by atoms with E-state index in [0.29, 0.717) is 0 Å². The Morgan fingerprint density at radius 2 is 1.56 bits per heavy atom. The summed E-state index contributed by atoms with van der Waals surface area (Å²) in [6.45, 7) is 6.04. The fraction of sp³-hybridized carbons (Fsp3) is 0. The zero-order valence-corrected chi connectivity index (χ0v) is 4.83. The van der Waals surface area contributed by atoms with Crippen molar-refractivity contribution in [1.82, 2.24) is 0 Å². The van der Waals surface area contributed by atoms with Crippen molar-refractivity contribution in [3.63, 3.8) is 0 Å². The zero-order valence-electron chi connectivity index (χ0n) is 4.83. The molecular formula is C6H8O3. The molecule has 0 atom stereocenters.